The molecule has 5 rings (SSSR count). The first-order valence-electron chi connectivity index (χ1n) is 12.4. The van der Waals surface area contributed by atoms with Crippen molar-refractivity contribution in [1.29, 1.82) is 0 Å². The number of nitrogens with one attached hydrogen (secondary N) is 1. The smallest absolute Gasteiger partial charge is 0.407 e. The van der Waals surface area contributed by atoms with Crippen LogP contribution < -0.4 is 5.32 Å². The van der Waals surface area contributed by atoms with Crippen molar-refractivity contribution in [3.63, 3.8) is 0 Å². The molecule has 2 heterocycles. The lowest BCUT2D eigenvalue weighted by Gasteiger charge is -2.29. The maximum atomic E-state index is 12.9. The van der Waals surface area contributed by atoms with E-state index in [0.717, 1.165) is 22.3 Å². The number of carbonyl (C=O) groups excluding carboxylic acids is 1. The predicted octanol–water partition coefficient (Wildman–Crippen LogP) is 4.31. The van der Waals surface area contributed by atoms with Crippen molar-refractivity contribution >= 4 is 12.1 Å². The fourth-order valence-corrected chi connectivity index (χ4v) is 5.82. The average Bonchev–Trinajstić information content (AvgIpc) is 3.46. The molecule has 2 N–H and O–H groups in total. The number of carboxylic acid groups (broad SMARTS) is 1. The number of carbonyl (C=O) groups is 2. The molecule has 1 amide bonds. The largest absolute Gasteiger partial charge is 0.480 e. The number of alkyl carbamates (subject to hydrolysis) is 1. The standard InChI is InChI=1S/C28H33NO7/c1-27(2)13-20(22-15-34-28(3,4)35-22)24(36-27)23(25(30)31)29-26(32)33-14-21-18-11-7-5-9-16(18)17-10-6-8-12-19(17)21/h5-12,20-24H,13-15H2,1-4H3,(H,29,32)(H,30,31)/t20-,22-,23+,24+/m1/s1. The monoisotopic (exact) mass is 495 g/mol. The van der Waals surface area contributed by atoms with Crippen LogP contribution in [0.3, 0.4) is 0 Å². The van der Waals surface area contributed by atoms with Crippen LogP contribution in [0.25, 0.3) is 11.1 Å². The van der Waals surface area contributed by atoms with E-state index in [0.29, 0.717) is 13.0 Å². The lowest BCUT2D eigenvalue weighted by atomic mass is 9.86. The van der Waals surface area contributed by atoms with Crippen molar-refractivity contribution < 1.29 is 33.6 Å². The van der Waals surface area contributed by atoms with Gasteiger partial charge in [0.2, 0.25) is 0 Å². The third kappa shape index (κ3) is 4.73. The number of hydrogen-bond donors (Lipinski definition) is 2. The molecule has 8 heteroatoms. The fourth-order valence-electron chi connectivity index (χ4n) is 5.82. The molecule has 0 unspecified atom stereocenters. The molecule has 2 saturated heterocycles. The Bertz CT molecular complexity index is 1110. The van der Waals surface area contributed by atoms with Gasteiger partial charge in [-0.15, -0.1) is 0 Å². The molecule has 8 nitrogen and oxygen atoms in total. The zero-order valence-electron chi connectivity index (χ0n) is 21.0. The molecular formula is C28H33NO7. The lowest BCUT2D eigenvalue weighted by Crippen LogP contribution is -2.53. The minimum Gasteiger partial charge on any atom is -0.480 e. The van der Waals surface area contributed by atoms with Gasteiger partial charge in [-0.2, -0.15) is 0 Å². The molecule has 2 aromatic carbocycles. The first-order valence-corrected chi connectivity index (χ1v) is 12.4. The molecule has 4 atom stereocenters. The highest BCUT2D eigenvalue weighted by Gasteiger charge is 2.53. The summed E-state index contributed by atoms with van der Waals surface area (Å²) in [4.78, 5) is 25.2. The highest BCUT2D eigenvalue weighted by Crippen LogP contribution is 2.45. The summed E-state index contributed by atoms with van der Waals surface area (Å²) in [6, 6.07) is 14.8. The van der Waals surface area contributed by atoms with Crippen molar-refractivity contribution in [3.8, 4) is 11.1 Å². The number of hydrogen-bond acceptors (Lipinski definition) is 6. The van der Waals surface area contributed by atoms with Crippen LogP contribution in [-0.2, 0) is 23.7 Å². The number of carboxylic acids is 1. The Labute approximate surface area is 210 Å². The second kappa shape index (κ2) is 9.18. The number of rotatable bonds is 6. The lowest BCUT2D eigenvalue weighted by molar-refractivity contribution is -0.153. The molecule has 0 spiro atoms. The SMILES string of the molecule is CC1(C)C[C@H]([C@H]2COC(C)(C)O2)[C@@H]([C@H](NC(=O)OCC2c3ccccc3-c3ccccc32)C(=O)O)O1. The van der Waals surface area contributed by atoms with Gasteiger partial charge in [0, 0.05) is 11.8 Å². The van der Waals surface area contributed by atoms with Gasteiger partial charge in [-0.05, 0) is 56.4 Å². The van der Waals surface area contributed by atoms with E-state index in [-0.39, 0.29) is 24.5 Å². The van der Waals surface area contributed by atoms with Crippen LogP contribution in [-0.4, -0.2) is 60.0 Å². The van der Waals surface area contributed by atoms with Gasteiger partial charge in [-0.3, -0.25) is 0 Å². The molecule has 36 heavy (non-hydrogen) atoms. The molecule has 0 bridgehead atoms. The third-order valence-electron chi connectivity index (χ3n) is 7.32. The Morgan fingerprint density at radius 2 is 1.64 bits per heavy atom. The van der Waals surface area contributed by atoms with Gasteiger partial charge in [0.1, 0.15) is 6.61 Å². The summed E-state index contributed by atoms with van der Waals surface area (Å²) in [7, 11) is 0. The van der Waals surface area contributed by atoms with Gasteiger partial charge in [0.25, 0.3) is 0 Å². The number of aliphatic carboxylic acids is 1. The Balaban J connectivity index is 1.29. The van der Waals surface area contributed by atoms with E-state index < -0.39 is 35.6 Å². The highest BCUT2D eigenvalue weighted by molar-refractivity contribution is 5.81. The van der Waals surface area contributed by atoms with E-state index in [4.69, 9.17) is 18.9 Å². The van der Waals surface area contributed by atoms with Crippen molar-refractivity contribution in [2.75, 3.05) is 13.2 Å². The van der Waals surface area contributed by atoms with E-state index in [1.54, 1.807) is 0 Å². The molecule has 1 aliphatic carbocycles. The van der Waals surface area contributed by atoms with Gasteiger partial charge in [0.05, 0.1) is 24.4 Å². The first-order chi connectivity index (χ1) is 17.0. The van der Waals surface area contributed by atoms with Gasteiger partial charge < -0.3 is 29.4 Å². The molecule has 0 aromatic heterocycles. The van der Waals surface area contributed by atoms with Gasteiger partial charge in [-0.1, -0.05) is 48.5 Å². The Kier molecular flexibility index (Phi) is 6.31. The second-order valence-electron chi connectivity index (χ2n) is 10.9. The summed E-state index contributed by atoms with van der Waals surface area (Å²) in [5.74, 6) is -2.32. The zero-order chi connectivity index (χ0) is 25.7. The maximum absolute atomic E-state index is 12.9. The molecule has 2 aromatic rings. The zero-order valence-corrected chi connectivity index (χ0v) is 21.0. The second-order valence-corrected chi connectivity index (χ2v) is 10.9. The Morgan fingerprint density at radius 1 is 1.03 bits per heavy atom. The van der Waals surface area contributed by atoms with Crippen molar-refractivity contribution in [1.82, 2.24) is 5.32 Å². The van der Waals surface area contributed by atoms with Gasteiger partial charge in [0.15, 0.2) is 11.8 Å². The summed E-state index contributed by atoms with van der Waals surface area (Å²) in [5, 5.41) is 12.6. The van der Waals surface area contributed by atoms with Gasteiger partial charge in [-0.25, -0.2) is 9.59 Å². The summed E-state index contributed by atoms with van der Waals surface area (Å²) < 4.78 is 23.5. The van der Waals surface area contributed by atoms with Crippen LogP contribution in [0, 0.1) is 5.92 Å². The minimum atomic E-state index is -1.29. The van der Waals surface area contributed by atoms with E-state index >= 15 is 0 Å². The van der Waals surface area contributed by atoms with Crippen molar-refractivity contribution in [2.24, 2.45) is 5.92 Å². The average molecular weight is 496 g/mol. The summed E-state index contributed by atoms with van der Waals surface area (Å²) in [5.41, 5.74) is 3.85. The molecule has 0 radical (unpaired) electrons. The highest BCUT2D eigenvalue weighted by atomic mass is 16.7. The van der Waals surface area contributed by atoms with Gasteiger partial charge >= 0.3 is 12.1 Å². The van der Waals surface area contributed by atoms with Crippen LogP contribution in [0.2, 0.25) is 0 Å². The topological polar surface area (TPSA) is 103 Å². The summed E-state index contributed by atoms with van der Waals surface area (Å²) in [6.45, 7) is 7.91. The minimum absolute atomic E-state index is 0.0976. The Morgan fingerprint density at radius 3 is 2.19 bits per heavy atom. The molecular weight excluding hydrogens is 462 g/mol. The number of ether oxygens (including phenoxy) is 4. The van der Waals surface area contributed by atoms with Crippen LogP contribution in [0.5, 0.6) is 0 Å². The van der Waals surface area contributed by atoms with Crippen molar-refractivity contribution in [2.45, 2.75) is 69.7 Å². The van der Waals surface area contributed by atoms with E-state index in [9.17, 15) is 14.7 Å². The van der Waals surface area contributed by atoms with Crippen LogP contribution in [0.4, 0.5) is 4.79 Å². The molecule has 2 aliphatic heterocycles. The van der Waals surface area contributed by atoms with Crippen LogP contribution in [0.15, 0.2) is 48.5 Å². The quantitative estimate of drug-likeness (QED) is 0.615. The number of benzene rings is 2. The van der Waals surface area contributed by atoms with E-state index in [1.165, 1.54) is 0 Å². The van der Waals surface area contributed by atoms with Crippen LogP contribution in [0.1, 0.15) is 51.2 Å². The maximum Gasteiger partial charge on any atom is 0.407 e. The number of amides is 1. The molecule has 2 fully saturated rings. The first kappa shape index (κ1) is 24.7. The van der Waals surface area contributed by atoms with Crippen molar-refractivity contribution in [3.05, 3.63) is 59.7 Å². The molecule has 3 aliphatic rings. The normalized spacial score (nSPS) is 26.7. The van der Waals surface area contributed by atoms with Crippen LogP contribution >= 0.6 is 0 Å². The van der Waals surface area contributed by atoms with E-state index in [2.05, 4.69) is 17.4 Å². The fraction of sp³-hybridized carbons (Fsp3) is 0.500. The third-order valence-corrected chi connectivity index (χ3v) is 7.32. The predicted molar refractivity (Wildman–Crippen MR) is 132 cm³/mol. The molecule has 0 saturated carbocycles. The van der Waals surface area contributed by atoms with E-state index in [1.807, 2.05) is 64.1 Å². The summed E-state index contributed by atoms with van der Waals surface area (Å²) in [6.07, 6.45) is -1.34. The summed E-state index contributed by atoms with van der Waals surface area (Å²) >= 11 is 0. The number of fused-ring (bicyclic) bond motifs is 3. The molecule has 192 valence electrons. The Hall–Kier alpha value is -2.94.